The highest BCUT2D eigenvalue weighted by atomic mass is 35.5. The molecule has 0 fully saturated rings. The van der Waals surface area contributed by atoms with E-state index in [1.165, 1.54) is 6.20 Å². The third kappa shape index (κ3) is 3.76. The van der Waals surface area contributed by atoms with E-state index >= 15 is 0 Å². The first kappa shape index (κ1) is 13.5. The number of hydrogen-bond acceptors (Lipinski definition) is 3. The number of carbonyl (C=O) groups excluding carboxylic acids is 1. The van der Waals surface area contributed by atoms with Crippen molar-refractivity contribution >= 4 is 17.5 Å². The second-order valence-electron chi connectivity index (χ2n) is 4.19. The molecule has 0 aliphatic heterocycles. The molecule has 1 amide bonds. The highest BCUT2D eigenvalue weighted by Crippen LogP contribution is 2.10. The van der Waals surface area contributed by atoms with Gasteiger partial charge in [0.2, 0.25) is 0 Å². The number of pyridine rings is 2. The van der Waals surface area contributed by atoms with Crippen molar-refractivity contribution in [2.45, 2.75) is 6.42 Å². The zero-order valence-electron chi connectivity index (χ0n) is 10.6. The van der Waals surface area contributed by atoms with Crippen molar-refractivity contribution in [3.8, 4) is 0 Å². The molecule has 0 aliphatic rings. The van der Waals surface area contributed by atoms with Crippen LogP contribution in [-0.2, 0) is 6.42 Å². The van der Waals surface area contributed by atoms with Crippen molar-refractivity contribution in [3.63, 3.8) is 0 Å². The maximum atomic E-state index is 12.1. The lowest BCUT2D eigenvalue weighted by Crippen LogP contribution is -2.29. The molecule has 0 aliphatic carbocycles. The fourth-order valence-corrected chi connectivity index (χ4v) is 1.82. The number of hydrogen-bond donors (Lipinski definition) is 0. The van der Waals surface area contributed by atoms with Gasteiger partial charge in [-0.2, -0.15) is 0 Å². The molecule has 0 radical (unpaired) electrons. The fraction of sp³-hybridized carbons (Fsp3) is 0.214. The van der Waals surface area contributed by atoms with E-state index in [-0.39, 0.29) is 5.91 Å². The molecule has 4 nitrogen and oxygen atoms in total. The van der Waals surface area contributed by atoms with E-state index in [0.29, 0.717) is 17.3 Å². The molecule has 0 saturated heterocycles. The molecule has 0 atom stereocenters. The quantitative estimate of drug-likeness (QED) is 0.861. The first-order valence-corrected chi connectivity index (χ1v) is 6.30. The number of carbonyl (C=O) groups is 1. The predicted octanol–water partition coefficient (Wildman–Crippen LogP) is 2.44. The summed E-state index contributed by atoms with van der Waals surface area (Å²) in [4.78, 5) is 21.7. The minimum atomic E-state index is -0.128. The van der Waals surface area contributed by atoms with Gasteiger partial charge in [-0.3, -0.25) is 14.8 Å². The van der Waals surface area contributed by atoms with Crippen molar-refractivity contribution in [3.05, 3.63) is 59.1 Å². The number of halogens is 1. The summed E-state index contributed by atoms with van der Waals surface area (Å²) in [5.74, 6) is -0.128. The summed E-state index contributed by atoms with van der Waals surface area (Å²) >= 11 is 5.85. The maximum Gasteiger partial charge on any atom is 0.272 e. The van der Waals surface area contributed by atoms with E-state index in [9.17, 15) is 4.79 Å². The van der Waals surface area contributed by atoms with Crippen molar-refractivity contribution in [2.24, 2.45) is 0 Å². The lowest BCUT2D eigenvalue weighted by molar-refractivity contribution is 0.0791. The van der Waals surface area contributed by atoms with E-state index < -0.39 is 0 Å². The predicted molar refractivity (Wildman–Crippen MR) is 74.1 cm³/mol. The van der Waals surface area contributed by atoms with Crippen LogP contribution in [0.1, 0.15) is 16.1 Å². The largest absolute Gasteiger partial charge is 0.340 e. The summed E-state index contributed by atoms with van der Waals surface area (Å²) in [6.45, 7) is 0.622. The average Bonchev–Trinajstić information content (AvgIpc) is 2.45. The molecule has 2 aromatic rings. The number of rotatable bonds is 4. The summed E-state index contributed by atoms with van der Waals surface area (Å²) in [5, 5.41) is 0.515. The Labute approximate surface area is 117 Å². The van der Waals surface area contributed by atoms with Crippen LogP contribution in [0.25, 0.3) is 0 Å². The van der Waals surface area contributed by atoms with Gasteiger partial charge < -0.3 is 4.90 Å². The molecule has 19 heavy (non-hydrogen) atoms. The van der Waals surface area contributed by atoms with Crippen LogP contribution in [0.3, 0.4) is 0 Å². The monoisotopic (exact) mass is 275 g/mol. The van der Waals surface area contributed by atoms with Crippen LogP contribution in [0.4, 0.5) is 0 Å². The Morgan fingerprint density at radius 2 is 2.00 bits per heavy atom. The maximum absolute atomic E-state index is 12.1. The average molecular weight is 276 g/mol. The first-order valence-electron chi connectivity index (χ1n) is 5.93. The van der Waals surface area contributed by atoms with Gasteiger partial charge in [-0.25, -0.2) is 0 Å². The fourth-order valence-electron chi connectivity index (χ4n) is 1.67. The van der Waals surface area contributed by atoms with Crippen molar-refractivity contribution in [1.29, 1.82) is 0 Å². The summed E-state index contributed by atoms with van der Waals surface area (Å²) in [7, 11) is 1.76. The second kappa shape index (κ2) is 6.29. The first-order chi connectivity index (χ1) is 9.16. The van der Waals surface area contributed by atoms with Gasteiger partial charge in [0.25, 0.3) is 5.91 Å². The van der Waals surface area contributed by atoms with Gasteiger partial charge in [-0.05, 0) is 36.2 Å². The number of aromatic nitrogens is 2. The SMILES string of the molecule is CN(CCc1ccncc1)C(=O)c1cc(Cl)ccn1. The third-order valence-corrected chi connectivity index (χ3v) is 3.01. The zero-order chi connectivity index (χ0) is 13.7. The summed E-state index contributed by atoms with van der Waals surface area (Å²) in [6, 6.07) is 7.11. The molecule has 0 saturated carbocycles. The molecular formula is C14H14ClN3O. The van der Waals surface area contributed by atoms with E-state index in [1.807, 2.05) is 12.1 Å². The Hall–Kier alpha value is -1.94. The van der Waals surface area contributed by atoms with E-state index in [0.717, 1.165) is 12.0 Å². The Bertz CT molecular complexity index is 560. The Morgan fingerprint density at radius 1 is 1.26 bits per heavy atom. The molecule has 0 unspecified atom stereocenters. The Balaban J connectivity index is 1.96. The van der Waals surface area contributed by atoms with Crippen molar-refractivity contribution in [2.75, 3.05) is 13.6 Å². The molecule has 5 heteroatoms. The van der Waals surface area contributed by atoms with E-state index in [1.54, 1.807) is 36.5 Å². The smallest absolute Gasteiger partial charge is 0.272 e. The standard InChI is InChI=1S/C14H14ClN3O/c1-18(9-5-11-2-6-16-7-3-11)14(19)13-10-12(15)4-8-17-13/h2-4,6-8,10H,5,9H2,1H3. The summed E-state index contributed by atoms with van der Waals surface area (Å²) in [5.41, 5.74) is 1.51. The van der Waals surface area contributed by atoms with Gasteiger partial charge in [-0.15, -0.1) is 0 Å². The zero-order valence-corrected chi connectivity index (χ0v) is 11.3. The van der Waals surface area contributed by atoms with Crippen LogP contribution in [0, 0.1) is 0 Å². The number of nitrogens with zero attached hydrogens (tertiary/aromatic N) is 3. The van der Waals surface area contributed by atoms with Crippen LogP contribution >= 0.6 is 11.6 Å². The summed E-state index contributed by atoms with van der Waals surface area (Å²) in [6.07, 6.45) is 5.81. The number of likely N-dealkylation sites (N-methyl/N-ethyl adjacent to an activating group) is 1. The van der Waals surface area contributed by atoms with Crippen molar-refractivity contribution in [1.82, 2.24) is 14.9 Å². The van der Waals surface area contributed by atoms with Gasteiger partial charge in [0, 0.05) is 37.2 Å². The normalized spacial score (nSPS) is 10.2. The minimum Gasteiger partial charge on any atom is -0.340 e. The Kier molecular flexibility index (Phi) is 4.47. The molecule has 2 aromatic heterocycles. The van der Waals surface area contributed by atoms with Crippen LogP contribution < -0.4 is 0 Å². The van der Waals surface area contributed by atoms with Gasteiger partial charge in [0.05, 0.1) is 0 Å². The van der Waals surface area contributed by atoms with Crippen LogP contribution in [0.15, 0.2) is 42.9 Å². The second-order valence-corrected chi connectivity index (χ2v) is 4.63. The molecule has 2 heterocycles. The topological polar surface area (TPSA) is 46.1 Å². The van der Waals surface area contributed by atoms with Crippen LogP contribution in [-0.4, -0.2) is 34.4 Å². The number of amides is 1. The third-order valence-electron chi connectivity index (χ3n) is 2.77. The van der Waals surface area contributed by atoms with E-state index in [4.69, 9.17) is 11.6 Å². The van der Waals surface area contributed by atoms with E-state index in [2.05, 4.69) is 9.97 Å². The molecule has 0 spiro atoms. The molecule has 98 valence electrons. The highest BCUT2D eigenvalue weighted by molar-refractivity contribution is 6.30. The van der Waals surface area contributed by atoms with Crippen LogP contribution in [0.5, 0.6) is 0 Å². The van der Waals surface area contributed by atoms with Crippen molar-refractivity contribution < 1.29 is 4.79 Å². The molecule has 0 N–H and O–H groups in total. The van der Waals surface area contributed by atoms with Gasteiger partial charge >= 0.3 is 0 Å². The Morgan fingerprint density at radius 3 is 2.68 bits per heavy atom. The highest BCUT2D eigenvalue weighted by Gasteiger charge is 2.13. The lowest BCUT2D eigenvalue weighted by Gasteiger charge is -2.16. The van der Waals surface area contributed by atoms with Gasteiger partial charge in [0.1, 0.15) is 5.69 Å². The molecule has 0 bridgehead atoms. The van der Waals surface area contributed by atoms with Gasteiger partial charge in [0.15, 0.2) is 0 Å². The van der Waals surface area contributed by atoms with Crippen LogP contribution in [0.2, 0.25) is 5.02 Å². The van der Waals surface area contributed by atoms with Gasteiger partial charge in [-0.1, -0.05) is 11.6 Å². The molecular weight excluding hydrogens is 262 g/mol. The summed E-state index contributed by atoms with van der Waals surface area (Å²) < 4.78 is 0. The minimum absolute atomic E-state index is 0.128. The molecule has 2 rings (SSSR count). The lowest BCUT2D eigenvalue weighted by atomic mass is 10.2. The molecule has 0 aromatic carbocycles.